The maximum atomic E-state index is 12.8. The Morgan fingerprint density at radius 2 is 1.87 bits per heavy atom. The van der Waals surface area contributed by atoms with E-state index in [2.05, 4.69) is 15.6 Å². The molecule has 0 saturated carbocycles. The molecule has 0 atom stereocenters. The number of benzene rings is 1. The minimum absolute atomic E-state index is 0.0590. The molecule has 4 rings (SSSR count). The number of aryl methyl sites for hydroxylation is 1. The SMILES string of the molecule is O=C(CCc1ccccc1)Nc1cnc2c(C(=O)NCc3ccco3)cccn2c1=O. The zero-order valence-electron chi connectivity index (χ0n) is 16.6. The van der Waals surface area contributed by atoms with Gasteiger partial charge in [0.05, 0.1) is 24.6 Å². The molecule has 0 fully saturated rings. The first kappa shape index (κ1) is 20.1. The van der Waals surface area contributed by atoms with E-state index in [1.165, 1.54) is 23.1 Å². The molecular formula is C23H20N4O4. The van der Waals surface area contributed by atoms with Gasteiger partial charge in [0, 0.05) is 12.6 Å². The monoisotopic (exact) mass is 416 g/mol. The van der Waals surface area contributed by atoms with Crippen molar-refractivity contribution < 1.29 is 14.0 Å². The van der Waals surface area contributed by atoms with E-state index in [1.54, 1.807) is 24.3 Å². The van der Waals surface area contributed by atoms with Crippen molar-refractivity contribution in [3.05, 3.63) is 100 Å². The van der Waals surface area contributed by atoms with Gasteiger partial charge in [-0.05, 0) is 36.2 Å². The third-order valence-corrected chi connectivity index (χ3v) is 4.74. The Bertz CT molecular complexity index is 1260. The molecule has 2 amide bonds. The van der Waals surface area contributed by atoms with Crippen molar-refractivity contribution in [2.75, 3.05) is 5.32 Å². The molecule has 156 valence electrons. The first-order valence-corrected chi connectivity index (χ1v) is 9.76. The third kappa shape index (κ3) is 4.69. The molecule has 0 aliphatic rings. The normalized spacial score (nSPS) is 10.7. The average Bonchev–Trinajstić information content (AvgIpc) is 3.32. The van der Waals surface area contributed by atoms with Gasteiger partial charge >= 0.3 is 0 Å². The van der Waals surface area contributed by atoms with Crippen LogP contribution in [0.15, 0.2) is 82.5 Å². The molecule has 8 heteroatoms. The summed E-state index contributed by atoms with van der Waals surface area (Å²) in [5, 5.41) is 5.35. The fourth-order valence-corrected chi connectivity index (χ4v) is 3.16. The highest BCUT2D eigenvalue weighted by atomic mass is 16.3. The number of hydrogen-bond acceptors (Lipinski definition) is 5. The maximum absolute atomic E-state index is 12.8. The third-order valence-electron chi connectivity index (χ3n) is 4.74. The van der Waals surface area contributed by atoms with Gasteiger partial charge in [-0.2, -0.15) is 0 Å². The highest BCUT2D eigenvalue weighted by molar-refractivity contribution is 5.99. The molecule has 3 heterocycles. The van der Waals surface area contributed by atoms with Crippen LogP contribution in [0.25, 0.3) is 5.65 Å². The average molecular weight is 416 g/mol. The maximum Gasteiger partial charge on any atom is 0.281 e. The van der Waals surface area contributed by atoms with Gasteiger partial charge in [-0.3, -0.25) is 18.8 Å². The molecule has 31 heavy (non-hydrogen) atoms. The lowest BCUT2D eigenvalue weighted by Crippen LogP contribution is -2.27. The Morgan fingerprint density at radius 3 is 2.65 bits per heavy atom. The molecule has 0 bridgehead atoms. The van der Waals surface area contributed by atoms with Gasteiger partial charge < -0.3 is 15.1 Å². The summed E-state index contributed by atoms with van der Waals surface area (Å²) in [7, 11) is 0. The summed E-state index contributed by atoms with van der Waals surface area (Å²) in [4.78, 5) is 41.9. The summed E-state index contributed by atoms with van der Waals surface area (Å²) in [6.45, 7) is 0.215. The number of hydrogen-bond donors (Lipinski definition) is 2. The van der Waals surface area contributed by atoms with E-state index in [-0.39, 0.29) is 41.7 Å². The fraction of sp³-hybridized carbons (Fsp3) is 0.130. The van der Waals surface area contributed by atoms with E-state index in [4.69, 9.17) is 4.42 Å². The van der Waals surface area contributed by atoms with Crippen LogP contribution in [0.2, 0.25) is 0 Å². The number of anilines is 1. The molecule has 8 nitrogen and oxygen atoms in total. The Hall–Kier alpha value is -4.20. The summed E-state index contributed by atoms with van der Waals surface area (Å²) < 4.78 is 6.45. The Labute approximate surface area is 177 Å². The smallest absolute Gasteiger partial charge is 0.281 e. The van der Waals surface area contributed by atoms with E-state index in [9.17, 15) is 14.4 Å². The van der Waals surface area contributed by atoms with Gasteiger partial charge in [0.15, 0.2) is 5.65 Å². The van der Waals surface area contributed by atoms with Gasteiger partial charge in [-0.25, -0.2) is 4.98 Å². The van der Waals surface area contributed by atoms with Gasteiger partial charge in [0.25, 0.3) is 11.5 Å². The number of fused-ring (bicyclic) bond motifs is 1. The van der Waals surface area contributed by atoms with Gasteiger partial charge in [-0.1, -0.05) is 30.3 Å². The zero-order chi connectivity index (χ0) is 21.6. The van der Waals surface area contributed by atoms with Crippen LogP contribution in [-0.2, 0) is 17.8 Å². The minimum atomic E-state index is -0.459. The predicted octanol–water partition coefficient (Wildman–Crippen LogP) is 2.79. The second-order valence-electron chi connectivity index (χ2n) is 6.89. The van der Waals surface area contributed by atoms with E-state index < -0.39 is 5.56 Å². The van der Waals surface area contributed by atoms with Gasteiger partial charge in [-0.15, -0.1) is 0 Å². The van der Waals surface area contributed by atoms with Crippen molar-refractivity contribution in [2.24, 2.45) is 0 Å². The summed E-state index contributed by atoms with van der Waals surface area (Å²) in [5.74, 6) is -0.0599. The highest BCUT2D eigenvalue weighted by Crippen LogP contribution is 2.10. The number of carbonyl (C=O) groups excluding carboxylic acids is 2. The molecule has 0 spiro atoms. The van der Waals surface area contributed by atoms with Crippen LogP contribution in [0.4, 0.5) is 5.69 Å². The largest absolute Gasteiger partial charge is 0.467 e. The number of aromatic nitrogens is 2. The lowest BCUT2D eigenvalue weighted by atomic mass is 10.1. The van der Waals surface area contributed by atoms with Crippen molar-refractivity contribution in [2.45, 2.75) is 19.4 Å². The lowest BCUT2D eigenvalue weighted by Gasteiger charge is -2.09. The topological polar surface area (TPSA) is 106 Å². The summed E-state index contributed by atoms with van der Waals surface area (Å²) in [6.07, 6.45) is 5.11. The first-order chi connectivity index (χ1) is 15.1. The zero-order valence-corrected chi connectivity index (χ0v) is 16.6. The van der Waals surface area contributed by atoms with Crippen molar-refractivity contribution >= 4 is 23.1 Å². The fourth-order valence-electron chi connectivity index (χ4n) is 3.16. The number of amides is 2. The Balaban J connectivity index is 1.49. The number of furan rings is 1. The van der Waals surface area contributed by atoms with Crippen LogP contribution < -0.4 is 16.2 Å². The van der Waals surface area contributed by atoms with Crippen LogP contribution in [0.1, 0.15) is 28.1 Å². The Morgan fingerprint density at radius 1 is 1.03 bits per heavy atom. The molecule has 0 aliphatic carbocycles. The number of carbonyl (C=O) groups is 2. The van der Waals surface area contributed by atoms with Crippen LogP contribution in [-0.4, -0.2) is 21.2 Å². The molecule has 0 radical (unpaired) electrons. The Kier molecular flexibility index (Phi) is 5.89. The van der Waals surface area contributed by atoms with Gasteiger partial charge in [0.2, 0.25) is 5.91 Å². The molecule has 4 aromatic rings. The number of nitrogens with one attached hydrogen (secondary N) is 2. The predicted molar refractivity (Wildman–Crippen MR) is 115 cm³/mol. The van der Waals surface area contributed by atoms with Crippen LogP contribution in [0.3, 0.4) is 0 Å². The molecular weight excluding hydrogens is 396 g/mol. The number of rotatable bonds is 7. The van der Waals surface area contributed by atoms with Crippen LogP contribution in [0.5, 0.6) is 0 Å². The van der Waals surface area contributed by atoms with Crippen LogP contribution >= 0.6 is 0 Å². The minimum Gasteiger partial charge on any atom is -0.467 e. The second kappa shape index (κ2) is 9.08. The van der Waals surface area contributed by atoms with Crippen molar-refractivity contribution in [3.8, 4) is 0 Å². The summed E-state index contributed by atoms with van der Waals surface area (Å²) >= 11 is 0. The quantitative estimate of drug-likeness (QED) is 0.482. The van der Waals surface area contributed by atoms with Crippen molar-refractivity contribution in [3.63, 3.8) is 0 Å². The standard InChI is InChI=1S/C23H20N4O4/c28-20(11-10-16-6-2-1-3-7-16)26-19-15-24-21-18(9-4-12-27(21)23(19)30)22(29)25-14-17-8-5-13-31-17/h1-9,12-13,15H,10-11,14H2,(H,25,29)(H,26,28). The number of nitrogens with zero attached hydrogens (tertiary/aromatic N) is 2. The molecule has 2 N–H and O–H groups in total. The van der Waals surface area contributed by atoms with E-state index in [1.807, 2.05) is 30.3 Å². The first-order valence-electron chi connectivity index (χ1n) is 9.76. The second-order valence-corrected chi connectivity index (χ2v) is 6.89. The highest BCUT2D eigenvalue weighted by Gasteiger charge is 2.15. The summed E-state index contributed by atoms with van der Waals surface area (Å²) in [6, 6.07) is 16.3. The van der Waals surface area contributed by atoms with Gasteiger partial charge in [0.1, 0.15) is 11.4 Å². The van der Waals surface area contributed by atoms with Crippen LogP contribution in [0, 0.1) is 0 Å². The van der Waals surface area contributed by atoms with E-state index in [0.717, 1.165) is 5.56 Å². The van der Waals surface area contributed by atoms with Crippen molar-refractivity contribution in [1.82, 2.24) is 14.7 Å². The lowest BCUT2D eigenvalue weighted by molar-refractivity contribution is -0.116. The molecule has 0 unspecified atom stereocenters. The molecule has 0 aliphatic heterocycles. The summed E-state index contributed by atoms with van der Waals surface area (Å²) in [5.41, 5.74) is 1.08. The molecule has 1 aromatic carbocycles. The molecule has 3 aromatic heterocycles. The number of pyridine rings is 1. The molecule has 0 saturated heterocycles. The van der Waals surface area contributed by atoms with E-state index >= 15 is 0 Å². The van der Waals surface area contributed by atoms with E-state index in [0.29, 0.717) is 12.2 Å². The van der Waals surface area contributed by atoms with Crippen molar-refractivity contribution in [1.29, 1.82) is 0 Å².